The van der Waals surface area contributed by atoms with E-state index in [1.165, 1.54) is 25.0 Å². The van der Waals surface area contributed by atoms with Crippen molar-refractivity contribution in [3.05, 3.63) is 29.6 Å². The molecule has 18 heavy (non-hydrogen) atoms. The van der Waals surface area contributed by atoms with Crippen LogP contribution in [0.15, 0.2) is 18.2 Å². The second-order valence-electron chi connectivity index (χ2n) is 4.50. The summed E-state index contributed by atoms with van der Waals surface area (Å²) >= 11 is 5.53. The quantitative estimate of drug-likeness (QED) is 0.578. The number of hydrogen-bond acceptors (Lipinski definition) is 1. The summed E-state index contributed by atoms with van der Waals surface area (Å²) in [4.78, 5) is 0. The molecule has 3 heteroatoms. The average molecular weight is 267 g/mol. The van der Waals surface area contributed by atoms with Gasteiger partial charge in [0.15, 0.2) is 0 Å². The molecule has 0 radical (unpaired) electrons. The van der Waals surface area contributed by atoms with Crippen molar-refractivity contribution in [2.75, 3.05) is 12.5 Å². The molecular weight excluding hydrogens is 251 g/mol. The Kier molecular flexibility index (Phi) is 4.90. The molecule has 1 aliphatic rings. The summed E-state index contributed by atoms with van der Waals surface area (Å²) in [5.74, 6) is 7.33. The minimum Gasteiger partial charge on any atom is -0.493 e. The lowest BCUT2D eigenvalue weighted by Gasteiger charge is -2.06. The van der Waals surface area contributed by atoms with E-state index in [9.17, 15) is 4.39 Å². The molecule has 0 spiro atoms. The van der Waals surface area contributed by atoms with Gasteiger partial charge in [-0.3, -0.25) is 0 Å². The van der Waals surface area contributed by atoms with Crippen LogP contribution in [0.5, 0.6) is 5.75 Å². The highest BCUT2D eigenvalue weighted by atomic mass is 35.5. The average Bonchev–Trinajstić information content (AvgIpc) is 3.13. The molecule has 0 unspecified atom stereocenters. The zero-order valence-electron chi connectivity index (χ0n) is 10.2. The lowest BCUT2D eigenvalue weighted by Crippen LogP contribution is -1.99. The van der Waals surface area contributed by atoms with Gasteiger partial charge in [-0.15, -0.1) is 11.6 Å². The third-order valence-corrected chi connectivity index (χ3v) is 3.00. The van der Waals surface area contributed by atoms with Crippen molar-refractivity contribution in [2.45, 2.75) is 25.7 Å². The SMILES string of the molecule is Fc1cc(C#CCCCl)cc(OCCC2CC2)c1. The monoisotopic (exact) mass is 266 g/mol. The summed E-state index contributed by atoms with van der Waals surface area (Å²) in [6, 6.07) is 4.59. The molecule has 1 saturated carbocycles. The number of halogens is 2. The van der Waals surface area contributed by atoms with Crippen LogP contribution in [0.1, 0.15) is 31.2 Å². The Hall–Kier alpha value is -1.20. The number of ether oxygens (including phenoxy) is 1. The van der Waals surface area contributed by atoms with Crippen LogP contribution in [0.25, 0.3) is 0 Å². The summed E-state index contributed by atoms with van der Waals surface area (Å²) in [6.07, 6.45) is 4.28. The van der Waals surface area contributed by atoms with Crippen molar-refractivity contribution in [3.8, 4) is 17.6 Å². The van der Waals surface area contributed by atoms with Gasteiger partial charge in [0.05, 0.1) is 6.61 Å². The van der Waals surface area contributed by atoms with Crippen LogP contribution in [0, 0.1) is 23.6 Å². The van der Waals surface area contributed by atoms with Crippen LogP contribution in [0.4, 0.5) is 4.39 Å². The van der Waals surface area contributed by atoms with Crippen LogP contribution in [0.2, 0.25) is 0 Å². The Morgan fingerprint density at radius 1 is 1.33 bits per heavy atom. The second kappa shape index (κ2) is 6.66. The fourth-order valence-corrected chi connectivity index (χ4v) is 1.77. The van der Waals surface area contributed by atoms with E-state index in [0.29, 0.717) is 30.2 Å². The molecule has 1 aromatic rings. The van der Waals surface area contributed by atoms with Crippen LogP contribution in [0.3, 0.4) is 0 Å². The first-order chi connectivity index (χ1) is 8.78. The molecule has 0 saturated heterocycles. The molecule has 0 bridgehead atoms. The predicted molar refractivity (Wildman–Crippen MR) is 71.5 cm³/mol. The lowest BCUT2D eigenvalue weighted by atomic mass is 10.2. The van der Waals surface area contributed by atoms with Gasteiger partial charge in [-0.2, -0.15) is 0 Å². The summed E-state index contributed by atoms with van der Waals surface area (Å²) in [7, 11) is 0. The van der Waals surface area contributed by atoms with Gasteiger partial charge in [0, 0.05) is 23.9 Å². The van der Waals surface area contributed by atoms with Gasteiger partial charge < -0.3 is 4.74 Å². The van der Waals surface area contributed by atoms with Gasteiger partial charge in [-0.25, -0.2) is 4.39 Å². The summed E-state index contributed by atoms with van der Waals surface area (Å²) in [5.41, 5.74) is 0.640. The first-order valence-corrected chi connectivity index (χ1v) is 6.79. The van der Waals surface area contributed by atoms with E-state index in [4.69, 9.17) is 16.3 Å². The highest BCUT2D eigenvalue weighted by Gasteiger charge is 2.20. The third kappa shape index (κ3) is 4.58. The molecule has 1 nitrogen and oxygen atoms in total. The molecule has 1 aromatic carbocycles. The Morgan fingerprint density at radius 3 is 2.89 bits per heavy atom. The minimum atomic E-state index is -0.311. The van der Waals surface area contributed by atoms with Crippen molar-refractivity contribution < 1.29 is 9.13 Å². The van der Waals surface area contributed by atoms with E-state index in [1.54, 1.807) is 6.07 Å². The highest BCUT2D eigenvalue weighted by Crippen LogP contribution is 2.32. The molecule has 0 N–H and O–H groups in total. The van der Waals surface area contributed by atoms with Gasteiger partial charge in [-0.1, -0.05) is 24.7 Å². The van der Waals surface area contributed by atoms with Crippen LogP contribution < -0.4 is 4.74 Å². The molecule has 0 aromatic heterocycles. The maximum Gasteiger partial charge on any atom is 0.128 e. The van der Waals surface area contributed by atoms with E-state index < -0.39 is 0 Å². The van der Waals surface area contributed by atoms with Gasteiger partial charge in [-0.05, 0) is 24.5 Å². The zero-order chi connectivity index (χ0) is 12.8. The Balaban J connectivity index is 1.94. The van der Waals surface area contributed by atoms with Crippen molar-refractivity contribution in [2.24, 2.45) is 5.92 Å². The van der Waals surface area contributed by atoms with Crippen molar-refractivity contribution in [1.29, 1.82) is 0 Å². The first kappa shape index (κ1) is 13.2. The van der Waals surface area contributed by atoms with E-state index in [-0.39, 0.29) is 5.82 Å². The minimum absolute atomic E-state index is 0.311. The summed E-state index contributed by atoms with van der Waals surface area (Å²) < 4.78 is 18.9. The molecule has 96 valence electrons. The smallest absolute Gasteiger partial charge is 0.128 e. The fourth-order valence-electron chi connectivity index (χ4n) is 1.68. The van der Waals surface area contributed by atoms with Crippen molar-refractivity contribution in [1.82, 2.24) is 0 Å². The molecule has 0 amide bonds. The Morgan fingerprint density at radius 2 is 2.17 bits per heavy atom. The Bertz CT molecular complexity index is 457. The van der Waals surface area contributed by atoms with Crippen LogP contribution >= 0.6 is 11.6 Å². The predicted octanol–water partition coefficient (Wildman–Crippen LogP) is 3.99. The van der Waals surface area contributed by atoms with Gasteiger partial charge in [0.2, 0.25) is 0 Å². The van der Waals surface area contributed by atoms with Crippen molar-refractivity contribution in [3.63, 3.8) is 0 Å². The fraction of sp³-hybridized carbons (Fsp3) is 0.467. The number of benzene rings is 1. The topological polar surface area (TPSA) is 9.23 Å². The van der Waals surface area contributed by atoms with E-state index in [0.717, 1.165) is 12.3 Å². The van der Waals surface area contributed by atoms with Gasteiger partial charge in [0.25, 0.3) is 0 Å². The van der Waals surface area contributed by atoms with Gasteiger partial charge in [0.1, 0.15) is 11.6 Å². The first-order valence-electron chi connectivity index (χ1n) is 6.26. The molecule has 2 rings (SSSR count). The summed E-state index contributed by atoms with van der Waals surface area (Å²) in [6.45, 7) is 0.655. The largest absolute Gasteiger partial charge is 0.493 e. The molecule has 0 aliphatic heterocycles. The molecule has 0 atom stereocenters. The van der Waals surface area contributed by atoms with Crippen molar-refractivity contribution >= 4 is 11.6 Å². The summed E-state index contributed by atoms with van der Waals surface area (Å²) in [5, 5.41) is 0. The number of hydrogen-bond donors (Lipinski definition) is 0. The molecule has 1 fully saturated rings. The number of alkyl halides is 1. The normalized spacial score (nSPS) is 13.9. The molecule has 0 heterocycles. The lowest BCUT2D eigenvalue weighted by molar-refractivity contribution is 0.301. The van der Waals surface area contributed by atoms with E-state index in [1.807, 2.05) is 0 Å². The van der Waals surface area contributed by atoms with E-state index in [2.05, 4.69) is 11.8 Å². The third-order valence-electron chi connectivity index (χ3n) is 2.82. The molecule has 1 aliphatic carbocycles. The maximum absolute atomic E-state index is 13.4. The highest BCUT2D eigenvalue weighted by molar-refractivity contribution is 6.18. The second-order valence-corrected chi connectivity index (χ2v) is 4.87. The van der Waals surface area contributed by atoms with Gasteiger partial charge >= 0.3 is 0 Å². The van der Waals surface area contributed by atoms with E-state index >= 15 is 0 Å². The zero-order valence-corrected chi connectivity index (χ0v) is 11.0. The Labute approximate surface area is 112 Å². The standard InChI is InChI=1S/C15H16ClFO/c16-7-2-1-3-13-9-14(17)11-15(10-13)18-8-6-12-4-5-12/h9-12H,2,4-8H2. The van der Waals surface area contributed by atoms with Crippen LogP contribution in [-0.2, 0) is 0 Å². The molecular formula is C15H16ClFO. The maximum atomic E-state index is 13.4. The number of rotatable bonds is 5. The van der Waals surface area contributed by atoms with Crippen LogP contribution in [-0.4, -0.2) is 12.5 Å².